The zero-order valence-corrected chi connectivity index (χ0v) is 21.2. The van der Waals surface area contributed by atoms with Crippen molar-refractivity contribution in [3.05, 3.63) is 41.8 Å². The summed E-state index contributed by atoms with van der Waals surface area (Å²) in [6.45, 7) is 2.01. The number of sulfonamides is 1. The Hall–Kier alpha value is -3.36. The van der Waals surface area contributed by atoms with Gasteiger partial charge in [-0.05, 0) is 37.1 Å². The minimum atomic E-state index is -4.48. The summed E-state index contributed by atoms with van der Waals surface area (Å²) in [6.07, 6.45) is -1.21. The minimum Gasteiger partial charge on any atom is -0.489 e. The number of anilines is 2. The number of rotatable bonds is 7. The van der Waals surface area contributed by atoms with Crippen molar-refractivity contribution in [2.75, 3.05) is 50.2 Å². The van der Waals surface area contributed by atoms with Crippen LogP contribution in [0.15, 0.2) is 35.2 Å². The predicted molar refractivity (Wildman–Crippen MR) is 133 cm³/mol. The molecule has 204 valence electrons. The lowest BCUT2D eigenvalue weighted by Gasteiger charge is -2.39. The highest BCUT2D eigenvalue weighted by Crippen LogP contribution is 2.37. The van der Waals surface area contributed by atoms with E-state index in [4.69, 9.17) is 9.47 Å². The number of halogens is 3. The smallest absolute Gasteiger partial charge is 0.263 e. The molecule has 1 fully saturated rings. The molecule has 0 saturated carbocycles. The van der Waals surface area contributed by atoms with Crippen molar-refractivity contribution < 1.29 is 35.9 Å². The Bertz CT molecular complexity index is 1460. The number of carbonyl (C=O) groups is 1. The van der Waals surface area contributed by atoms with Gasteiger partial charge in [0.15, 0.2) is 0 Å². The third-order valence-electron chi connectivity index (χ3n) is 6.68. The van der Waals surface area contributed by atoms with Gasteiger partial charge in [-0.3, -0.25) is 9.89 Å². The van der Waals surface area contributed by atoms with E-state index in [1.165, 1.54) is 0 Å². The molecule has 2 aliphatic heterocycles. The number of likely N-dealkylation sites (N-methyl/N-ethyl adjacent to an activating group) is 1. The van der Waals surface area contributed by atoms with Crippen LogP contribution in [0.5, 0.6) is 5.75 Å². The van der Waals surface area contributed by atoms with Gasteiger partial charge in [-0.2, -0.15) is 13.8 Å². The van der Waals surface area contributed by atoms with Crippen molar-refractivity contribution in [3.8, 4) is 5.75 Å². The standard InChI is InChI=1S/C24H26F3N5O5S/c1-31(38(34,35)20-11-14(23(25)26)10-17-22(20)29-30-24(17)27)13-21(33)28-15-2-3-18-19(12-15)37-9-6-32(18)16-4-7-36-8-5-16/h2-3,10-12,16,23H,4-9,13H2,1H3,(H,28,33)(H,29,30). The summed E-state index contributed by atoms with van der Waals surface area (Å²) in [4.78, 5) is 14.4. The van der Waals surface area contributed by atoms with Gasteiger partial charge in [-0.1, -0.05) is 0 Å². The van der Waals surface area contributed by atoms with E-state index >= 15 is 0 Å². The second kappa shape index (κ2) is 10.4. The molecule has 1 saturated heterocycles. The average molecular weight is 554 g/mol. The normalized spacial score (nSPS) is 16.6. The quantitative estimate of drug-likeness (QED) is 0.461. The summed E-state index contributed by atoms with van der Waals surface area (Å²) >= 11 is 0. The highest BCUT2D eigenvalue weighted by molar-refractivity contribution is 7.89. The fourth-order valence-electron chi connectivity index (χ4n) is 4.75. The number of nitrogens with one attached hydrogen (secondary N) is 2. The number of alkyl halides is 2. The van der Waals surface area contributed by atoms with Crippen LogP contribution < -0.4 is 15.0 Å². The molecule has 14 heteroatoms. The van der Waals surface area contributed by atoms with Gasteiger partial charge in [0.25, 0.3) is 6.43 Å². The number of fused-ring (bicyclic) bond motifs is 2. The van der Waals surface area contributed by atoms with Crippen LogP contribution in [-0.2, 0) is 19.6 Å². The molecule has 38 heavy (non-hydrogen) atoms. The highest BCUT2D eigenvalue weighted by atomic mass is 32.2. The first-order valence-electron chi connectivity index (χ1n) is 12.0. The number of H-pyrrole nitrogens is 1. The second-order valence-electron chi connectivity index (χ2n) is 9.13. The Morgan fingerprint density at radius 3 is 2.74 bits per heavy atom. The molecule has 10 nitrogen and oxygen atoms in total. The topological polar surface area (TPSA) is 117 Å². The fourth-order valence-corrected chi connectivity index (χ4v) is 6.06. The maximum atomic E-state index is 14.0. The summed E-state index contributed by atoms with van der Waals surface area (Å²) in [5, 5.41) is 7.85. The third kappa shape index (κ3) is 5.02. The molecule has 0 spiro atoms. The molecule has 3 aromatic rings. The molecule has 0 aliphatic carbocycles. The van der Waals surface area contributed by atoms with Crippen LogP contribution in [0.4, 0.5) is 24.5 Å². The van der Waals surface area contributed by atoms with E-state index in [-0.39, 0.29) is 10.9 Å². The first kappa shape index (κ1) is 26.3. The number of amides is 1. The zero-order chi connectivity index (χ0) is 27.0. The van der Waals surface area contributed by atoms with Crippen molar-refractivity contribution in [3.63, 3.8) is 0 Å². The Balaban J connectivity index is 1.32. The molecular weight excluding hydrogens is 527 g/mol. The van der Waals surface area contributed by atoms with Gasteiger partial charge in [-0.25, -0.2) is 17.2 Å². The number of aromatic amines is 1. The minimum absolute atomic E-state index is 0.333. The number of aromatic nitrogens is 2. The molecule has 2 N–H and O–H groups in total. The summed E-state index contributed by atoms with van der Waals surface area (Å²) < 4.78 is 79.1. The van der Waals surface area contributed by atoms with E-state index in [1.54, 1.807) is 12.1 Å². The van der Waals surface area contributed by atoms with Crippen LogP contribution in [0.3, 0.4) is 0 Å². The number of benzene rings is 2. The molecule has 5 rings (SSSR count). The van der Waals surface area contributed by atoms with Gasteiger partial charge in [-0.15, -0.1) is 0 Å². The SMILES string of the molecule is CN(CC(=O)Nc1ccc2c(c1)OCCN2C1CCOCC1)S(=O)(=O)c1cc(C(F)F)cc2c(F)[nH]nc12. The van der Waals surface area contributed by atoms with Crippen molar-refractivity contribution in [2.45, 2.75) is 30.2 Å². The van der Waals surface area contributed by atoms with Crippen molar-refractivity contribution in [1.29, 1.82) is 0 Å². The van der Waals surface area contributed by atoms with Crippen molar-refractivity contribution in [2.24, 2.45) is 0 Å². The first-order chi connectivity index (χ1) is 18.1. The monoisotopic (exact) mass is 553 g/mol. The highest BCUT2D eigenvalue weighted by Gasteiger charge is 2.30. The van der Waals surface area contributed by atoms with Crippen LogP contribution in [0.2, 0.25) is 0 Å². The number of hydrogen-bond donors (Lipinski definition) is 2. The van der Waals surface area contributed by atoms with Crippen LogP contribution in [0.25, 0.3) is 10.9 Å². The van der Waals surface area contributed by atoms with Crippen LogP contribution in [0, 0.1) is 5.95 Å². The molecule has 2 aliphatic rings. The third-order valence-corrected chi connectivity index (χ3v) is 8.50. The zero-order valence-electron chi connectivity index (χ0n) is 20.4. The molecular formula is C24H26F3N5O5S. The lowest BCUT2D eigenvalue weighted by atomic mass is 10.0. The molecule has 0 atom stereocenters. The van der Waals surface area contributed by atoms with E-state index in [0.717, 1.165) is 44.3 Å². The van der Waals surface area contributed by atoms with E-state index < -0.39 is 45.3 Å². The fraction of sp³-hybridized carbons (Fsp3) is 0.417. The molecule has 1 amide bonds. The van der Waals surface area contributed by atoms with Gasteiger partial charge in [0.1, 0.15) is 22.8 Å². The average Bonchev–Trinajstić information content (AvgIpc) is 3.28. The largest absolute Gasteiger partial charge is 0.489 e. The van der Waals surface area contributed by atoms with Crippen LogP contribution in [0.1, 0.15) is 24.8 Å². The number of carbonyl (C=O) groups excluding carboxylic acids is 1. The molecule has 0 bridgehead atoms. The second-order valence-corrected chi connectivity index (χ2v) is 11.1. The lowest BCUT2D eigenvalue weighted by Crippen LogP contribution is -2.44. The summed E-state index contributed by atoms with van der Waals surface area (Å²) in [5.41, 5.74) is 0.304. The molecule has 0 unspecified atom stereocenters. The molecule has 1 aromatic heterocycles. The van der Waals surface area contributed by atoms with E-state index in [2.05, 4.69) is 15.3 Å². The maximum Gasteiger partial charge on any atom is 0.263 e. The molecule has 0 radical (unpaired) electrons. The summed E-state index contributed by atoms with van der Waals surface area (Å²) in [7, 11) is -3.36. The maximum absolute atomic E-state index is 14.0. The van der Waals surface area contributed by atoms with E-state index in [9.17, 15) is 26.4 Å². The number of hydrogen-bond acceptors (Lipinski definition) is 7. The molecule has 2 aromatic carbocycles. The van der Waals surface area contributed by atoms with Gasteiger partial charge in [0, 0.05) is 43.6 Å². The van der Waals surface area contributed by atoms with Crippen LogP contribution >= 0.6 is 0 Å². The van der Waals surface area contributed by atoms with Crippen LogP contribution in [-0.4, -0.2) is 74.8 Å². The predicted octanol–water partition coefficient (Wildman–Crippen LogP) is 3.28. The van der Waals surface area contributed by atoms with Gasteiger partial charge in [0.2, 0.25) is 21.9 Å². The van der Waals surface area contributed by atoms with Gasteiger partial charge in [0.05, 0.1) is 24.2 Å². The van der Waals surface area contributed by atoms with E-state index in [0.29, 0.717) is 41.6 Å². The van der Waals surface area contributed by atoms with E-state index in [1.807, 2.05) is 11.2 Å². The lowest BCUT2D eigenvalue weighted by molar-refractivity contribution is -0.116. The van der Waals surface area contributed by atoms with Crippen molar-refractivity contribution >= 4 is 38.2 Å². The first-order valence-corrected chi connectivity index (χ1v) is 13.4. The number of nitrogens with zero attached hydrogens (tertiary/aromatic N) is 3. The molecule has 3 heterocycles. The van der Waals surface area contributed by atoms with Crippen molar-refractivity contribution in [1.82, 2.24) is 14.5 Å². The summed E-state index contributed by atoms with van der Waals surface area (Å²) in [6, 6.07) is 7.14. The van der Waals surface area contributed by atoms with Gasteiger partial charge >= 0.3 is 0 Å². The Labute approximate surface area is 216 Å². The summed E-state index contributed by atoms with van der Waals surface area (Å²) in [5.74, 6) is -1.10. The number of ether oxygens (including phenoxy) is 2. The van der Waals surface area contributed by atoms with Gasteiger partial charge < -0.3 is 19.7 Å². The Kier molecular flexibility index (Phi) is 7.20. The Morgan fingerprint density at radius 1 is 1.24 bits per heavy atom. The Morgan fingerprint density at radius 2 is 2.00 bits per heavy atom.